The molecule has 0 saturated carbocycles. The highest BCUT2D eigenvalue weighted by atomic mass is 32.2. The zero-order valence-electron chi connectivity index (χ0n) is 15.6. The van der Waals surface area contributed by atoms with Crippen LogP contribution in [0.2, 0.25) is 0 Å². The number of nitrogens with one attached hydrogen (secondary N) is 2. The molecule has 1 amide bonds. The Balaban J connectivity index is 2.03. The summed E-state index contributed by atoms with van der Waals surface area (Å²) < 4.78 is 70.7. The van der Waals surface area contributed by atoms with E-state index in [2.05, 4.69) is 10.0 Å². The summed E-state index contributed by atoms with van der Waals surface area (Å²) in [6.07, 6.45) is -4.21. The van der Waals surface area contributed by atoms with E-state index in [0.717, 1.165) is 18.2 Å². The van der Waals surface area contributed by atoms with Gasteiger partial charge in [0.05, 0.1) is 22.8 Å². The lowest BCUT2D eigenvalue weighted by atomic mass is 10.1. The summed E-state index contributed by atoms with van der Waals surface area (Å²) in [5.74, 6) is -0.542. The lowest BCUT2D eigenvalue weighted by molar-refractivity contribution is -0.137. The molecule has 0 bridgehead atoms. The number of carbonyl (C=O) groups excluding carboxylic acids is 1. The molecule has 2 aromatic rings. The van der Waals surface area contributed by atoms with Gasteiger partial charge in [0.1, 0.15) is 5.75 Å². The molecule has 158 valence electrons. The summed E-state index contributed by atoms with van der Waals surface area (Å²) in [7, 11) is -3.78. The van der Waals surface area contributed by atoms with Crippen LogP contribution in [0.15, 0.2) is 53.4 Å². The number of hydrogen-bond donors (Lipinski definition) is 2. The van der Waals surface area contributed by atoms with Crippen LogP contribution >= 0.6 is 0 Å². The predicted octanol–water partition coefficient (Wildman–Crippen LogP) is 3.80. The molecular weight excluding hydrogens is 409 g/mol. The van der Waals surface area contributed by atoms with E-state index >= 15 is 0 Å². The monoisotopic (exact) mass is 430 g/mol. The number of hydrogen-bond acceptors (Lipinski definition) is 4. The van der Waals surface area contributed by atoms with Crippen LogP contribution in [0, 0.1) is 0 Å². The summed E-state index contributed by atoms with van der Waals surface area (Å²) in [4.78, 5) is 12.2. The number of benzene rings is 2. The summed E-state index contributed by atoms with van der Waals surface area (Å²) in [6, 6.07) is 10.4. The first kappa shape index (κ1) is 22.7. The van der Waals surface area contributed by atoms with Crippen molar-refractivity contribution in [2.24, 2.45) is 0 Å². The standard InChI is InChI=1S/C19H21F3N2O4S/c1-2-12-28-17-9-8-14(19(20,21)22)13-16(17)24-18(25)10-11-23-29(26,27)15-6-4-3-5-7-15/h3-9,13,23H,2,10-12H2,1H3,(H,24,25). The van der Waals surface area contributed by atoms with Crippen LogP contribution in [0.25, 0.3) is 0 Å². The van der Waals surface area contributed by atoms with Gasteiger partial charge in [0, 0.05) is 13.0 Å². The molecule has 0 spiro atoms. The van der Waals surface area contributed by atoms with E-state index in [1.54, 1.807) is 18.2 Å². The van der Waals surface area contributed by atoms with Gasteiger partial charge in [0.2, 0.25) is 15.9 Å². The molecule has 0 fully saturated rings. The Labute approximate surface area is 167 Å². The Morgan fingerprint density at radius 1 is 1.10 bits per heavy atom. The molecule has 2 N–H and O–H groups in total. The molecule has 2 rings (SSSR count). The summed E-state index contributed by atoms with van der Waals surface area (Å²) >= 11 is 0. The molecule has 2 aromatic carbocycles. The molecule has 10 heteroatoms. The fraction of sp³-hybridized carbons (Fsp3) is 0.316. The summed E-state index contributed by atoms with van der Waals surface area (Å²) in [6.45, 7) is 1.89. The van der Waals surface area contributed by atoms with Gasteiger partial charge >= 0.3 is 6.18 Å². The van der Waals surface area contributed by atoms with Gasteiger partial charge in [-0.2, -0.15) is 13.2 Å². The quantitative estimate of drug-likeness (QED) is 0.634. The summed E-state index contributed by atoms with van der Waals surface area (Å²) in [5.41, 5.74) is -1.05. The third kappa shape index (κ3) is 6.75. The number of carbonyl (C=O) groups is 1. The predicted molar refractivity (Wildman–Crippen MR) is 102 cm³/mol. The van der Waals surface area contributed by atoms with Crippen molar-refractivity contribution in [2.45, 2.75) is 30.8 Å². The lowest BCUT2D eigenvalue weighted by Gasteiger charge is -2.15. The van der Waals surface area contributed by atoms with Crippen molar-refractivity contribution in [1.82, 2.24) is 4.72 Å². The number of rotatable bonds is 9. The molecule has 29 heavy (non-hydrogen) atoms. The fourth-order valence-corrected chi connectivity index (χ4v) is 3.39. The minimum Gasteiger partial charge on any atom is -0.491 e. The molecule has 0 saturated heterocycles. The van der Waals surface area contributed by atoms with E-state index in [4.69, 9.17) is 4.74 Å². The minimum absolute atomic E-state index is 0.0496. The zero-order valence-corrected chi connectivity index (χ0v) is 16.4. The third-order valence-corrected chi connectivity index (χ3v) is 5.22. The second-order valence-corrected chi connectivity index (χ2v) is 7.83. The molecule has 0 aromatic heterocycles. The highest BCUT2D eigenvalue weighted by molar-refractivity contribution is 7.89. The molecule has 0 aliphatic rings. The fourth-order valence-electron chi connectivity index (χ4n) is 2.34. The van der Waals surface area contributed by atoms with E-state index in [0.29, 0.717) is 6.42 Å². The Morgan fingerprint density at radius 3 is 2.41 bits per heavy atom. The van der Waals surface area contributed by atoms with Crippen molar-refractivity contribution in [3.63, 3.8) is 0 Å². The van der Waals surface area contributed by atoms with Crippen molar-refractivity contribution in [1.29, 1.82) is 0 Å². The second-order valence-electron chi connectivity index (χ2n) is 6.07. The van der Waals surface area contributed by atoms with Crippen LogP contribution in [0.5, 0.6) is 5.75 Å². The highest BCUT2D eigenvalue weighted by Gasteiger charge is 2.31. The van der Waals surface area contributed by atoms with Gasteiger partial charge in [0.25, 0.3) is 0 Å². The molecule has 0 radical (unpaired) electrons. The average molecular weight is 430 g/mol. The lowest BCUT2D eigenvalue weighted by Crippen LogP contribution is -2.28. The van der Waals surface area contributed by atoms with Crippen LogP contribution in [-0.2, 0) is 21.0 Å². The molecular formula is C19H21F3N2O4S. The highest BCUT2D eigenvalue weighted by Crippen LogP contribution is 2.35. The first-order valence-electron chi connectivity index (χ1n) is 8.82. The molecule has 0 aliphatic heterocycles. The van der Waals surface area contributed by atoms with Crippen molar-refractivity contribution < 1.29 is 31.1 Å². The summed E-state index contributed by atoms with van der Waals surface area (Å²) in [5, 5.41) is 2.36. The topological polar surface area (TPSA) is 84.5 Å². The largest absolute Gasteiger partial charge is 0.491 e. The first-order valence-corrected chi connectivity index (χ1v) is 10.3. The molecule has 0 unspecified atom stereocenters. The van der Waals surface area contributed by atoms with E-state index < -0.39 is 27.7 Å². The second kappa shape index (κ2) is 9.75. The van der Waals surface area contributed by atoms with Crippen LogP contribution in [0.4, 0.5) is 18.9 Å². The SMILES string of the molecule is CCCOc1ccc(C(F)(F)F)cc1NC(=O)CCNS(=O)(=O)c1ccccc1. The van der Waals surface area contributed by atoms with E-state index in [1.807, 2.05) is 6.92 Å². The van der Waals surface area contributed by atoms with Crippen molar-refractivity contribution in [3.8, 4) is 5.75 Å². The van der Waals surface area contributed by atoms with Gasteiger partial charge in [-0.25, -0.2) is 13.1 Å². The van der Waals surface area contributed by atoms with E-state index in [-0.39, 0.29) is 35.9 Å². The molecule has 0 aliphatic carbocycles. The molecule has 0 heterocycles. The van der Waals surface area contributed by atoms with Gasteiger partial charge in [-0.05, 0) is 36.8 Å². The first-order chi connectivity index (χ1) is 13.6. The number of amides is 1. The number of sulfonamides is 1. The van der Waals surface area contributed by atoms with Gasteiger partial charge in [-0.3, -0.25) is 4.79 Å². The van der Waals surface area contributed by atoms with Crippen molar-refractivity contribution in [2.75, 3.05) is 18.5 Å². The van der Waals surface area contributed by atoms with Crippen molar-refractivity contribution >= 4 is 21.6 Å². The number of halogens is 3. The average Bonchev–Trinajstić information content (AvgIpc) is 2.66. The maximum atomic E-state index is 13.0. The molecule has 6 nitrogen and oxygen atoms in total. The Kier molecular flexibility index (Phi) is 7.63. The Hall–Kier alpha value is -2.59. The molecule has 0 atom stereocenters. The smallest absolute Gasteiger partial charge is 0.416 e. The van der Waals surface area contributed by atoms with Gasteiger partial charge in [0.15, 0.2) is 0 Å². The Bertz CT molecular complexity index is 932. The normalized spacial score (nSPS) is 11.9. The Morgan fingerprint density at radius 2 is 1.79 bits per heavy atom. The maximum Gasteiger partial charge on any atom is 0.416 e. The van der Waals surface area contributed by atoms with Crippen LogP contribution in [0.1, 0.15) is 25.3 Å². The number of alkyl halides is 3. The van der Waals surface area contributed by atoms with Gasteiger partial charge in [-0.1, -0.05) is 25.1 Å². The van der Waals surface area contributed by atoms with E-state index in [9.17, 15) is 26.4 Å². The number of ether oxygens (including phenoxy) is 1. The van der Waals surface area contributed by atoms with Gasteiger partial charge in [-0.15, -0.1) is 0 Å². The third-order valence-electron chi connectivity index (χ3n) is 3.74. The maximum absolute atomic E-state index is 13.0. The van der Waals surface area contributed by atoms with Crippen LogP contribution < -0.4 is 14.8 Å². The zero-order chi connectivity index (χ0) is 21.5. The van der Waals surface area contributed by atoms with Crippen molar-refractivity contribution in [3.05, 3.63) is 54.1 Å². The minimum atomic E-state index is -4.58. The van der Waals surface area contributed by atoms with E-state index in [1.165, 1.54) is 12.1 Å². The number of anilines is 1. The van der Waals surface area contributed by atoms with Gasteiger partial charge < -0.3 is 10.1 Å². The van der Waals surface area contributed by atoms with Crippen LogP contribution in [-0.4, -0.2) is 27.5 Å². The van der Waals surface area contributed by atoms with Crippen LogP contribution in [0.3, 0.4) is 0 Å².